The van der Waals surface area contributed by atoms with E-state index in [1.807, 2.05) is 55.2 Å². The van der Waals surface area contributed by atoms with Crippen LogP contribution in [-0.4, -0.2) is 27.5 Å². The van der Waals surface area contributed by atoms with Crippen molar-refractivity contribution in [3.63, 3.8) is 0 Å². The zero-order chi connectivity index (χ0) is 16.9. The van der Waals surface area contributed by atoms with Gasteiger partial charge >= 0.3 is 0 Å². The van der Waals surface area contributed by atoms with Crippen LogP contribution >= 0.6 is 0 Å². The lowest BCUT2D eigenvalue weighted by molar-refractivity contribution is -0.130. The van der Waals surface area contributed by atoms with E-state index in [2.05, 4.69) is 10.1 Å². The normalized spacial score (nSPS) is 18.5. The van der Waals surface area contributed by atoms with Gasteiger partial charge in [0.25, 0.3) is 0 Å². The predicted molar refractivity (Wildman–Crippen MR) is 92.2 cm³/mol. The molecule has 5 nitrogen and oxygen atoms in total. The third kappa shape index (κ3) is 3.72. The summed E-state index contributed by atoms with van der Waals surface area (Å²) in [6, 6.07) is 9.71. The maximum atomic E-state index is 12.6. The molecular weight excluding hydrogens is 302 g/mol. The van der Waals surface area contributed by atoms with Gasteiger partial charge in [0.2, 0.25) is 11.8 Å². The SMILES string of the molecule is CC(C)c1noc(C2CCCCN2C(=O)C=Cc2ccccc2)n1. The van der Waals surface area contributed by atoms with Crippen molar-refractivity contribution in [1.82, 2.24) is 15.0 Å². The fraction of sp³-hybridized carbons (Fsp3) is 0.421. The van der Waals surface area contributed by atoms with E-state index in [1.54, 1.807) is 6.08 Å². The minimum atomic E-state index is -0.119. The van der Waals surface area contributed by atoms with E-state index in [9.17, 15) is 4.79 Å². The van der Waals surface area contributed by atoms with Crippen LogP contribution in [0.5, 0.6) is 0 Å². The zero-order valence-corrected chi connectivity index (χ0v) is 14.2. The van der Waals surface area contributed by atoms with Gasteiger partial charge in [-0.15, -0.1) is 0 Å². The van der Waals surface area contributed by atoms with E-state index in [-0.39, 0.29) is 17.9 Å². The van der Waals surface area contributed by atoms with Gasteiger partial charge in [-0.3, -0.25) is 4.79 Å². The maximum Gasteiger partial charge on any atom is 0.249 e. The van der Waals surface area contributed by atoms with E-state index < -0.39 is 0 Å². The summed E-state index contributed by atoms with van der Waals surface area (Å²) < 4.78 is 5.43. The van der Waals surface area contributed by atoms with Gasteiger partial charge in [-0.2, -0.15) is 4.98 Å². The molecule has 1 saturated heterocycles. The van der Waals surface area contributed by atoms with Crippen molar-refractivity contribution in [1.29, 1.82) is 0 Å². The number of carbonyl (C=O) groups is 1. The Balaban J connectivity index is 1.76. The first-order valence-electron chi connectivity index (χ1n) is 8.52. The van der Waals surface area contributed by atoms with Crippen molar-refractivity contribution in [2.75, 3.05) is 6.54 Å². The Kier molecular flexibility index (Phi) is 5.08. The van der Waals surface area contributed by atoms with Crippen LogP contribution in [-0.2, 0) is 4.79 Å². The lowest BCUT2D eigenvalue weighted by Gasteiger charge is -2.32. The number of rotatable bonds is 4. The Morgan fingerprint density at radius 3 is 2.79 bits per heavy atom. The maximum absolute atomic E-state index is 12.6. The number of hydrogen-bond acceptors (Lipinski definition) is 4. The first kappa shape index (κ1) is 16.4. The summed E-state index contributed by atoms with van der Waals surface area (Å²) in [6.07, 6.45) is 6.42. The second kappa shape index (κ2) is 7.43. The van der Waals surface area contributed by atoms with Gasteiger partial charge in [-0.05, 0) is 30.9 Å². The summed E-state index contributed by atoms with van der Waals surface area (Å²) in [5.41, 5.74) is 1.01. The monoisotopic (exact) mass is 325 g/mol. The number of nitrogens with zero attached hydrogens (tertiary/aromatic N) is 3. The molecule has 5 heteroatoms. The van der Waals surface area contributed by atoms with Gasteiger partial charge < -0.3 is 9.42 Å². The van der Waals surface area contributed by atoms with Crippen molar-refractivity contribution >= 4 is 12.0 Å². The Bertz CT molecular complexity index is 706. The molecule has 0 radical (unpaired) electrons. The molecule has 0 spiro atoms. The van der Waals surface area contributed by atoms with Crippen LogP contribution in [0.4, 0.5) is 0 Å². The molecule has 1 aromatic heterocycles. The van der Waals surface area contributed by atoms with Gasteiger partial charge in [0, 0.05) is 18.5 Å². The van der Waals surface area contributed by atoms with Crippen LogP contribution in [0.15, 0.2) is 40.9 Å². The first-order valence-corrected chi connectivity index (χ1v) is 8.52. The fourth-order valence-corrected chi connectivity index (χ4v) is 2.90. The average molecular weight is 325 g/mol. The third-order valence-corrected chi connectivity index (χ3v) is 4.26. The molecule has 2 heterocycles. The van der Waals surface area contributed by atoms with Crippen LogP contribution in [0.2, 0.25) is 0 Å². The van der Waals surface area contributed by atoms with Crippen LogP contribution in [0.3, 0.4) is 0 Å². The van der Waals surface area contributed by atoms with E-state index in [1.165, 1.54) is 0 Å². The van der Waals surface area contributed by atoms with E-state index in [4.69, 9.17) is 4.52 Å². The number of benzene rings is 1. The second-order valence-electron chi connectivity index (χ2n) is 6.43. The standard InChI is InChI=1S/C19H23N3O2/c1-14(2)18-20-19(24-21-18)16-10-6-7-13-22(16)17(23)12-11-15-8-4-3-5-9-15/h3-5,8-9,11-12,14,16H,6-7,10,13H2,1-2H3. The summed E-state index contributed by atoms with van der Waals surface area (Å²) in [5.74, 6) is 1.46. The summed E-state index contributed by atoms with van der Waals surface area (Å²) in [4.78, 5) is 19.0. The topological polar surface area (TPSA) is 59.2 Å². The average Bonchev–Trinajstić information content (AvgIpc) is 3.11. The van der Waals surface area contributed by atoms with Gasteiger partial charge in [0.1, 0.15) is 6.04 Å². The molecule has 1 aromatic carbocycles. The van der Waals surface area contributed by atoms with Crippen molar-refractivity contribution in [2.45, 2.75) is 45.1 Å². The Morgan fingerprint density at radius 2 is 2.08 bits per heavy atom. The molecule has 1 amide bonds. The molecule has 1 aliphatic heterocycles. The van der Waals surface area contributed by atoms with Gasteiger partial charge in [-0.25, -0.2) is 0 Å². The molecule has 126 valence electrons. The molecule has 24 heavy (non-hydrogen) atoms. The molecule has 1 atom stereocenters. The van der Waals surface area contributed by atoms with Crippen LogP contribution < -0.4 is 0 Å². The number of likely N-dealkylation sites (tertiary alicyclic amines) is 1. The minimum absolute atomic E-state index is 0.00662. The number of piperidine rings is 1. The molecule has 1 aliphatic rings. The van der Waals surface area contributed by atoms with Crippen molar-refractivity contribution in [2.24, 2.45) is 0 Å². The molecule has 3 rings (SSSR count). The highest BCUT2D eigenvalue weighted by atomic mass is 16.5. The number of amides is 1. The Hall–Kier alpha value is -2.43. The van der Waals surface area contributed by atoms with E-state index in [0.29, 0.717) is 11.7 Å². The van der Waals surface area contributed by atoms with Crippen molar-refractivity contribution in [3.8, 4) is 0 Å². The predicted octanol–water partition coefficient (Wildman–Crippen LogP) is 3.96. The Labute approximate surface area is 142 Å². The fourth-order valence-electron chi connectivity index (χ4n) is 2.90. The quantitative estimate of drug-likeness (QED) is 0.798. The van der Waals surface area contributed by atoms with Crippen LogP contribution in [0.1, 0.15) is 62.3 Å². The Morgan fingerprint density at radius 1 is 1.29 bits per heavy atom. The van der Waals surface area contributed by atoms with Crippen molar-refractivity contribution in [3.05, 3.63) is 53.7 Å². The molecule has 2 aromatic rings. The molecule has 0 saturated carbocycles. The highest BCUT2D eigenvalue weighted by Crippen LogP contribution is 2.30. The zero-order valence-electron chi connectivity index (χ0n) is 14.2. The van der Waals surface area contributed by atoms with Gasteiger partial charge in [-0.1, -0.05) is 49.3 Å². The smallest absolute Gasteiger partial charge is 0.249 e. The minimum Gasteiger partial charge on any atom is -0.337 e. The summed E-state index contributed by atoms with van der Waals surface area (Å²) >= 11 is 0. The summed E-state index contributed by atoms with van der Waals surface area (Å²) in [7, 11) is 0. The number of aromatic nitrogens is 2. The number of carbonyl (C=O) groups excluding carboxylic acids is 1. The molecular formula is C19H23N3O2. The molecule has 1 fully saturated rings. The highest BCUT2D eigenvalue weighted by molar-refractivity contribution is 5.92. The summed E-state index contributed by atoms with van der Waals surface area (Å²) in [5, 5.41) is 4.04. The lowest BCUT2D eigenvalue weighted by Crippen LogP contribution is -2.37. The number of hydrogen-bond donors (Lipinski definition) is 0. The van der Waals surface area contributed by atoms with E-state index in [0.717, 1.165) is 31.4 Å². The lowest BCUT2D eigenvalue weighted by atomic mass is 10.0. The molecule has 1 unspecified atom stereocenters. The van der Waals surface area contributed by atoms with E-state index >= 15 is 0 Å². The molecule has 0 N–H and O–H groups in total. The summed E-state index contributed by atoms with van der Waals surface area (Å²) in [6.45, 7) is 4.78. The van der Waals surface area contributed by atoms with Crippen LogP contribution in [0, 0.1) is 0 Å². The second-order valence-corrected chi connectivity index (χ2v) is 6.43. The van der Waals surface area contributed by atoms with Gasteiger partial charge in [0.05, 0.1) is 0 Å². The van der Waals surface area contributed by atoms with Crippen molar-refractivity contribution < 1.29 is 9.32 Å². The third-order valence-electron chi connectivity index (χ3n) is 4.26. The van der Waals surface area contributed by atoms with Crippen LogP contribution in [0.25, 0.3) is 6.08 Å². The largest absolute Gasteiger partial charge is 0.337 e. The van der Waals surface area contributed by atoms with Gasteiger partial charge in [0.15, 0.2) is 5.82 Å². The molecule has 0 aliphatic carbocycles. The first-order chi connectivity index (χ1) is 11.6. The molecule has 0 bridgehead atoms. The highest BCUT2D eigenvalue weighted by Gasteiger charge is 2.31.